The standard InChI is InChI=1S/C41H51N7O9.C2HF3O2/c1-30-14-16-44-38(27-30)43-15-4-7-39(49)45-29-40(50)47-36(28-41(51)52)32-10-8-31(9-11-32)33-12-13-37(35-6-3-2-5-34(33)35)57-26-25-56-24-23-55-22-21-54-20-19-53-18-17-46-48-42;3-2(4,5)1(6)7/h2-3,5-6,8-14,16,27,36H,4,7,15,17-26,28-29H2,1H3,(H,43,44)(H,45,49)(H,47,50)(H,51,52);(H,6,7)/t36-;/m0./s1. The second kappa shape index (κ2) is 29.0. The molecule has 0 radical (unpaired) electrons. The Labute approximate surface area is 367 Å². The molecule has 21 heteroatoms. The van der Waals surface area contributed by atoms with Gasteiger partial charge in [0.05, 0.1) is 71.9 Å². The van der Waals surface area contributed by atoms with Gasteiger partial charge in [-0.05, 0) is 64.7 Å². The average Bonchev–Trinajstić information content (AvgIpc) is 3.26. The van der Waals surface area contributed by atoms with Gasteiger partial charge in [0.15, 0.2) is 0 Å². The Morgan fingerprint density at radius 2 is 1.42 bits per heavy atom. The number of azide groups is 1. The van der Waals surface area contributed by atoms with E-state index in [0.29, 0.717) is 84.5 Å². The number of rotatable bonds is 28. The molecule has 0 saturated heterocycles. The lowest BCUT2D eigenvalue weighted by Gasteiger charge is -2.19. The number of hydrogen-bond acceptors (Lipinski definition) is 12. The van der Waals surface area contributed by atoms with Crippen molar-refractivity contribution in [2.75, 3.05) is 84.4 Å². The molecule has 0 aliphatic rings. The van der Waals surface area contributed by atoms with E-state index in [9.17, 15) is 32.7 Å². The summed E-state index contributed by atoms with van der Waals surface area (Å²) in [5.74, 6) is -3.12. The molecule has 18 nitrogen and oxygen atoms in total. The number of halogens is 3. The average molecular weight is 900 g/mol. The van der Waals surface area contributed by atoms with E-state index in [1.807, 2.05) is 67.6 Å². The van der Waals surface area contributed by atoms with Gasteiger partial charge in [-0.3, -0.25) is 14.4 Å². The minimum atomic E-state index is -5.08. The monoisotopic (exact) mass is 899 g/mol. The molecule has 1 atom stereocenters. The lowest BCUT2D eigenvalue weighted by atomic mass is 9.95. The number of pyridine rings is 1. The number of nitrogens with one attached hydrogen (secondary N) is 3. The van der Waals surface area contributed by atoms with Gasteiger partial charge in [-0.15, -0.1) is 0 Å². The van der Waals surface area contributed by atoms with Crippen molar-refractivity contribution in [1.29, 1.82) is 0 Å². The molecule has 0 unspecified atom stereocenters. The van der Waals surface area contributed by atoms with Gasteiger partial charge >= 0.3 is 18.1 Å². The smallest absolute Gasteiger partial charge is 0.490 e. The number of anilines is 1. The van der Waals surface area contributed by atoms with Crippen LogP contribution in [0.5, 0.6) is 5.75 Å². The largest absolute Gasteiger partial charge is 0.491 e. The second-order valence-corrected chi connectivity index (χ2v) is 13.6. The van der Waals surface area contributed by atoms with Crippen LogP contribution in [-0.4, -0.2) is 124 Å². The lowest BCUT2D eigenvalue weighted by molar-refractivity contribution is -0.192. The van der Waals surface area contributed by atoms with Crippen molar-refractivity contribution in [3.05, 3.63) is 101 Å². The third-order valence-corrected chi connectivity index (χ3v) is 8.71. The fraction of sp³-hybridized carbons (Fsp3) is 0.419. The third kappa shape index (κ3) is 20.6. The summed E-state index contributed by atoms with van der Waals surface area (Å²) in [4.78, 5) is 52.6. The zero-order valence-corrected chi connectivity index (χ0v) is 35.2. The number of amides is 2. The summed E-state index contributed by atoms with van der Waals surface area (Å²) in [5.41, 5.74) is 11.8. The van der Waals surface area contributed by atoms with Gasteiger partial charge < -0.3 is 49.8 Å². The van der Waals surface area contributed by atoms with Crippen molar-refractivity contribution in [2.45, 2.75) is 38.4 Å². The second-order valence-electron chi connectivity index (χ2n) is 13.6. The number of ether oxygens (including phenoxy) is 5. The molecule has 1 aromatic heterocycles. The minimum absolute atomic E-state index is 0.221. The van der Waals surface area contributed by atoms with Crippen molar-refractivity contribution in [1.82, 2.24) is 15.6 Å². The Morgan fingerprint density at radius 3 is 2.02 bits per heavy atom. The molecule has 4 aromatic rings. The number of alkyl halides is 3. The highest BCUT2D eigenvalue weighted by molar-refractivity contribution is 6.00. The molecule has 346 valence electrons. The minimum Gasteiger partial charge on any atom is -0.491 e. The molecule has 64 heavy (non-hydrogen) atoms. The van der Waals surface area contributed by atoms with Gasteiger partial charge in [0.2, 0.25) is 11.8 Å². The molecular weight excluding hydrogens is 848 g/mol. The molecule has 5 N–H and O–H groups in total. The first-order valence-corrected chi connectivity index (χ1v) is 20.1. The van der Waals surface area contributed by atoms with E-state index in [1.54, 1.807) is 18.3 Å². The highest BCUT2D eigenvalue weighted by Gasteiger charge is 2.38. The summed E-state index contributed by atoms with van der Waals surface area (Å²) in [5, 5.41) is 30.6. The molecule has 0 spiro atoms. The fourth-order valence-electron chi connectivity index (χ4n) is 5.70. The maximum atomic E-state index is 12.8. The van der Waals surface area contributed by atoms with Crippen molar-refractivity contribution in [3.63, 3.8) is 0 Å². The Hall–Kier alpha value is -6.51. The summed E-state index contributed by atoms with van der Waals surface area (Å²) >= 11 is 0. The Morgan fingerprint density at radius 1 is 0.812 bits per heavy atom. The Bertz CT molecular complexity index is 2120. The zero-order chi connectivity index (χ0) is 46.6. The molecule has 3 aromatic carbocycles. The van der Waals surface area contributed by atoms with Gasteiger partial charge in [0.1, 0.15) is 18.2 Å². The van der Waals surface area contributed by atoms with E-state index in [1.165, 1.54) is 0 Å². The van der Waals surface area contributed by atoms with Crippen LogP contribution in [0.1, 0.15) is 36.4 Å². The number of carbonyl (C=O) groups is 4. The number of aliphatic carboxylic acids is 2. The molecule has 0 bridgehead atoms. The van der Waals surface area contributed by atoms with Gasteiger partial charge in [-0.1, -0.05) is 59.7 Å². The van der Waals surface area contributed by atoms with E-state index >= 15 is 0 Å². The number of carboxylic acids is 2. The van der Waals surface area contributed by atoms with E-state index in [4.69, 9.17) is 39.1 Å². The van der Waals surface area contributed by atoms with Crippen molar-refractivity contribution in [3.8, 4) is 16.9 Å². The molecule has 4 rings (SSSR count). The van der Waals surface area contributed by atoms with Gasteiger partial charge in [-0.25, -0.2) is 9.78 Å². The first-order valence-electron chi connectivity index (χ1n) is 20.1. The van der Waals surface area contributed by atoms with Gasteiger partial charge in [-0.2, -0.15) is 13.2 Å². The molecule has 0 saturated carbocycles. The first-order chi connectivity index (χ1) is 30.8. The molecule has 0 aliphatic carbocycles. The van der Waals surface area contributed by atoms with Crippen LogP contribution < -0.4 is 20.7 Å². The molecule has 0 aliphatic heterocycles. The van der Waals surface area contributed by atoms with Crippen LogP contribution >= 0.6 is 0 Å². The zero-order valence-electron chi connectivity index (χ0n) is 35.2. The van der Waals surface area contributed by atoms with Crippen LogP contribution in [0, 0.1) is 6.92 Å². The van der Waals surface area contributed by atoms with Crippen molar-refractivity contribution < 1.29 is 66.2 Å². The first kappa shape index (κ1) is 51.8. The maximum absolute atomic E-state index is 12.8. The number of nitrogens with zero attached hydrogens (tertiary/aromatic N) is 4. The van der Waals surface area contributed by atoms with E-state index < -0.39 is 30.1 Å². The normalized spacial score (nSPS) is 11.4. The van der Waals surface area contributed by atoms with Crippen molar-refractivity contribution in [2.24, 2.45) is 5.11 Å². The quantitative estimate of drug-likeness (QED) is 0.0183. The predicted octanol–water partition coefficient (Wildman–Crippen LogP) is 6.24. The van der Waals surface area contributed by atoms with Crippen LogP contribution in [0.4, 0.5) is 19.0 Å². The number of hydrogen-bond donors (Lipinski definition) is 5. The Kier molecular flexibility index (Phi) is 23.5. The highest BCUT2D eigenvalue weighted by atomic mass is 19.4. The summed E-state index contributed by atoms with van der Waals surface area (Å²) in [6, 6.07) is 22.2. The lowest BCUT2D eigenvalue weighted by Crippen LogP contribution is -2.39. The van der Waals surface area contributed by atoms with Crippen LogP contribution in [-0.2, 0) is 38.1 Å². The number of benzene rings is 3. The summed E-state index contributed by atoms with van der Waals surface area (Å²) < 4.78 is 59.7. The number of carboxylic acid groups (broad SMARTS) is 2. The number of aromatic nitrogens is 1. The molecule has 1 heterocycles. The third-order valence-electron chi connectivity index (χ3n) is 8.71. The molecule has 0 fully saturated rings. The number of fused-ring (bicyclic) bond motifs is 1. The van der Waals surface area contributed by atoms with E-state index in [-0.39, 0.29) is 25.3 Å². The van der Waals surface area contributed by atoms with Crippen LogP contribution in [0.2, 0.25) is 0 Å². The Balaban J connectivity index is 0.00000143. The molecular formula is C43H52F3N7O11. The van der Waals surface area contributed by atoms with Crippen LogP contribution in [0.15, 0.2) is 84.1 Å². The number of aryl methyl sites for hydroxylation is 1. The maximum Gasteiger partial charge on any atom is 0.490 e. The summed E-state index contributed by atoms with van der Waals surface area (Å²) in [7, 11) is 0. The van der Waals surface area contributed by atoms with Gasteiger partial charge in [0, 0.05) is 36.0 Å². The van der Waals surface area contributed by atoms with Crippen molar-refractivity contribution >= 4 is 40.3 Å². The SMILES string of the molecule is Cc1ccnc(NCCCC(=O)NCC(=O)N[C@@H](CC(=O)O)c2ccc(-c3ccc(OCCOCCOCCOCCOCCN=[N+]=[N-])c4ccccc34)cc2)c1.O=C(O)C(F)(F)F. The van der Waals surface area contributed by atoms with Crippen LogP contribution in [0.25, 0.3) is 32.3 Å². The van der Waals surface area contributed by atoms with E-state index in [2.05, 4.69) is 31.0 Å². The van der Waals surface area contributed by atoms with Crippen LogP contribution in [0.3, 0.4) is 0 Å². The molecule has 2 amide bonds. The topological polar surface area (TPSA) is 253 Å². The number of carbonyl (C=O) groups excluding carboxylic acids is 2. The summed E-state index contributed by atoms with van der Waals surface area (Å²) in [6.45, 7) is 6.25. The van der Waals surface area contributed by atoms with E-state index in [0.717, 1.165) is 39.0 Å². The fourth-order valence-corrected chi connectivity index (χ4v) is 5.70. The van der Waals surface area contributed by atoms with Gasteiger partial charge in [0.25, 0.3) is 0 Å². The predicted molar refractivity (Wildman–Crippen MR) is 229 cm³/mol. The summed E-state index contributed by atoms with van der Waals surface area (Å²) in [6.07, 6.45) is -2.92. The highest BCUT2D eigenvalue weighted by Crippen LogP contribution is 2.35.